The molecule has 0 amide bonds. The maximum absolute atomic E-state index is 14.9. The van der Waals surface area contributed by atoms with Crippen molar-refractivity contribution in [3.05, 3.63) is 0 Å². The molecule has 1 N–H and O–H groups in total. The second kappa shape index (κ2) is 8.55. The summed E-state index contributed by atoms with van der Waals surface area (Å²) in [5, 5.41) is 12.8. The van der Waals surface area contributed by atoms with Crippen LogP contribution in [0.5, 0.6) is 0 Å². The molecule has 0 saturated heterocycles. The number of esters is 2. The van der Waals surface area contributed by atoms with Crippen molar-refractivity contribution in [1.82, 2.24) is 0 Å². The van der Waals surface area contributed by atoms with Gasteiger partial charge in [-0.3, -0.25) is 14.4 Å². The predicted octanol–water partition coefficient (Wildman–Crippen LogP) is 6.27. The molecule has 0 unspecified atom stereocenters. The largest absolute Gasteiger partial charge is 0.469 e. The van der Waals surface area contributed by atoms with Crippen LogP contribution >= 0.6 is 0 Å². The van der Waals surface area contributed by atoms with Gasteiger partial charge < -0.3 is 14.6 Å². The molecule has 0 heterocycles. The highest BCUT2D eigenvalue weighted by molar-refractivity contribution is 5.90. The Morgan fingerprint density at radius 1 is 0.846 bits per heavy atom. The third kappa shape index (κ3) is 3.57. The smallest absolute Gasteiger partial charge is 0.311 e. The molecule has 0 aromatic carbocycles. The maximum Gasteiger partial charge on any atom is 0.311 e. The van der Waals surface area contributed by atoms with E-state index in [9.17, 15) is 19.5 Å². The molecule has 0 aromatic heterocycles. The number of Topliss-reactive ketones (excluding diaryl/α,β-unsaturated/α-hetero) is 1. The first-order valence-corrected chi connectivity index (χ1v) is 15.4. The summed E-state index contributed by atoms with van der Waals surface area (Å²) in [6.45, 7) is 16.9. The number of aliphatic hydroxyl groups is 1. The van der Waals surface area contributed by atoms with Crippen LogP contribution in [0.4, 0.5) is 0 Å². The van der Waals surface area contributed by atoms with Gasteiger partial charge in [-0.15, -0.1) is 0 Å². The van der Waals surface area contributed by atoms with Crippen LogP contribution < -0.4 is 0 Å². The van der Waals surface area contributed by atoms with E-state index in [-0.39, 0.29) is 51.9 Å². The zero-order valence-electron chi connectivity index (χ0n) is 25.9. The summed E-state index contributed by atoms with van der Waals surface area (Å²) in [6, 6.07) is 0. The van der Waals surface area contributed by atoms with Gasteiger partial charge in [0.05, 0.1) is 18.1 Å². The van der Waals surface area contributed by atoms with Gasteiger partial charge in [-0.05, 0) is 93.8 Å². The van der Waals surface area contributed by atoms with Crippen molar-refractivity contribution in [2.24, 2.45) is 50.2 Å². The van der Waals surface area contributed by atoms with Crippen LogP contribution in [-0.4, -0.2) is 41.6 Å². The monoisotopic (exact) mass is 544 g/mol. The van der Waals surface area contributed by atoms with Crippen molar-refractivity contribution in [2.45, 2.75) is 131 Å². The van der Waals surface area contributed by atoms with Gasteiger partial charge in [0.25, 0.3) is 0 Å². The molecule has 0 bridgehead atoms. The van der Waals surface area contributed by atoms with E-state index >= 15 is 0 Å². The second-order valence-corrected chi connectivity index (χ2v) is 16.2. The molecule has 0 aliphatic heterocycles. The lowest BCUT2D eigenvalue weighted by Crippen LogP contribution is -2.60. The van der Waals surface area contributed by atoms with E-state index in [4.69, 9.17) is 9.47 Å². The van der Waals surface area contributed by atoms with Gasteiger partial charge in [0.1, 0.15) is 11.9 Å². The molecular formula is C33H52O6. The fourth-order valence-electron chi connectivity index (χ4n) is 11.3. The molecule has 5 saturated carbocycles. The van der Waals surface area contributed by atoms with E-state index in [0.29, 0.717) is 19.3 Å². The Labute approximate surface area is 235 Å². The number of fused-ring (bicyclic) bond motifs is 6. The Bertz CT molecular complexity index is 1080. The van der Waals surface area contributed by atoms with E-state index in [1.807, 2.05) is 6.92 Å². The minimum atomic E-state index is -1.09. The number of carbonyl (C=O) groups is 3. The zero-order valence-corrected chi connectivity index (χ0v) is 25.9. The molecule has 0 spiro atoms. The van der Waals surface area contributed by atoms with Gasteiger partial charge in [0.15, 0.2) is 0 Å². The van der Waals surface area contributed by atoms with E-state index in [2.05, 4.69) is 41.5 Å². The molecule has 39 heavy (non-hydrogen) atoms. The number of ketones is 1. The molecule has 0 aromatic rings. The van der Waals surface area contributed by atoms with Gasteiger partial charge in [-0.25, -0.2) is 0 Å². The fraction of sp³-hybridized carbons (Fsp3) is 0.909. The van der Waals surface area contributed by atoms with Crippen LogP contribution in [-0.2, 0) is 23.9 Å². The molecule has 10 atom stereocenters. The number of carbonyl (C=O) groups excluding carboxylic acids is 3. The Balaban J connectivity index is 1.55. The van der Waals surface area contributed by atoms with Gasteiger partial charge in [-0.2, -0.15) is 0 Å². The van der Waals surface area contributed by atoms with E-state index in [0.717, 1.165) is 44.9 Å². The number of rotatable bonds is 2. The number of methoxy groups -OCH3 is 1. The summed E-state index contributed by atoms with van der Waals surface area (Å²) >= 11 is 0. The first kappa shape index (κ1) is 29.1. The normalized spacial score (nSPS) is 52.4. The van der Waals surface area contributed by atoms with Crippen molar-refractivity contribution < 1.29 is 29.0 Å². The van der Waals surface area contributed by atoms with Crippen LogP contribution in [0, 0.1) is 50.2 Å². The van der Waals surface area contributed by atoms with Gasteiger partial charge >= 0.3 is 11.9 Å². The highest BCUT2D eigenvalue weighted by Crippen LogP contribution is 2.74. The Kier molecular flexibility index (Phi) is 6.37. The minimum absolute atomic E-state index is 0.0701. The summed E-state index contributed by atoms with van der Waals surface area (Å²) in [4.78, 5) is 39.8. The number of ether oxygens (including phenoxy) is 2. The van der Waals surface area contributed by atoms with Crippen molar-refractivity contribution in [2.75, 3.05) is 7.11 Å². The lowest BCUT2D eigenvalue weighted by atomic mass is 9.39. The first-order valence-electron chi connectivity index (χ1n) is 15.4. The minimum Gasteiger partial charge on any atom is -0.469 e. The quantitative estimate of drug-likeness (QED) is 0.412. The van der Waals surface area contributed by atoms with Crippen LogP contribution in [0.1, 0.15) is 120 Å². The molecule has 6 heteroatoms. The van der Waals surface area contributed by atoms with Crippen molar-refractivity contribution in [3.8, 4) is 0 Å². The third-order valence-electron chi connectivity index (χ3n) is 14.3. The predicted molar refractivity (Wildman–Crippen MR) is 148 cm³/mol. The first-order chi connectivity index (χ1) is 17.8. The van der Waals surface area contributed by atoms with Crippen LogP contribution in [0.25, 0.3) is 0 Å². The Morgan fingerprint density at radius 3 is 2.10 bits per heavy atom. The average Bonchev–Trinajstić information content (AvgIpc) is 3.07. The molecule has 5 aliphatic carbocycles. The second-order valence-electron chi connectivity index (χ2n) is 16.2. The lowest BCUT2D eigenvalue weighted by molar-refractivity contribution is -0.186. The molecule has 0 radical (unpaired) electrons. The molecule has 5 aliphatic rings. The zero-order chi connectivity index (χ0) is 29.0. The van der Waals surface area contributed by atoms with Gasteiger partial charge in [0, 0.05) is 29.1 Å². The highest BCUT2D eigenvalue weighted by Gasteiger charge is 2.74. The van der Waals surface area contributed by atoms with Crippen molar-refractivity contribution >= 4 is 17.7 Å². The molecule has 5 fully saturated rings. The lowest BCUT2D eigenvalue weighted by Gasteiger charge is -2.64. The summed E-state index contributed by atoms with van der Waals surface area (Å²) in [5.41, 5.74) is -3.20. The summed E-state index contributed by atoms with van der Waals surface area (Å²) in [6.07, 6.45) is 7.57. The molecule has 5 rings (SSSR count). The van der Waals surface area contributed by atoms with E-state index in [1.165, 1.54) is 14.0 Å². The van der Waals surface area contributed by atoms with Gasteiger partial charge in [-0.1, -0.05) is 41.5 Å². The summed E-state index contributed by atoms with van der Waals surface area (Å²) in [7, 11) is 1.48. The van der Waals surface area contributed by atoms with Crippen molar-refractivity contribution in [1.29, 1.82) is 0 Å². The standard InChI is InChI=1S/C33H52O6/c1-20(34)39-24-10-11-31(7)22(27(24,2)3)18-21-25(35)32(8)15-14-28(4)12-13-29(5,26(36)38-9)19-23(28)30(32,6)16-17-33(21,31)37/h21-24,37H,10-19H2,1-9H3/t21-,22-,23+,24-,28+,29+,30-,31-,32+,33-/m0/s1. The fourth-order valence-corrected chi connectivity index (χ4v) is 11.3. The SMILES string of the molecule is COC(=O)[C@]1(C)CC[C@]2(C)CC[C@]3(C)C(=O)[C@@H]4C[C@H]5C(C)(C)[C@@H](OC(C)=O)CC[C@]5(C)[C@]4(O)CC[C@@]3(C)[C@@H]2C1. The van der Waals surface area contributed by atoms with E-state index in [1.54, 1.807) is 0 Å². The topological polar surface area (TPSA) is 89.9 Å². The number of hydrogen-bond acceptors (Lipinski definition) is 6. The van der Waals surface area contributed by atoms with Crippen LogP contribution in [0.2, 0.25) is 0 Å². The maximum atomic E-state index is 14.9. The van der Waals surface area contributed by atoms with Crippen molar-refractivity contribution in [3.63, 3.8) is 0 Å². The van der Waals surface area contributed by atoms with Crippen LogP contribution in [0.15, 0.2) is 0 Å². The molecule has 6 nitrogen and oxygen atoms in total. The van der Waals surface area contributed by atoms with E-state index < -0.39 is 27.8 Å². The molecular weight excluding hydrogens is 492 g/mol. The Morgan fingerprint density at radius 2 is 1.49 bits per heavy atom. The summed E-state index contributed by atoms with van der Waals surface area (Å²) in [5.74, 6) is -0.312. The van der Waals surface area contributed by atoms with Gasteiger partial charge in [0.2, 0.25) is 0 Å². The highest BCUT2D eigenvalue weighted by atomic mass is 16.5. The number of hydrogen-bond donors (Lipinski definition) is 1. The Hall–Kier alpha value is -1.43. The van der Waals surface area contributed by atoms with Crippen LogP contribution in [0.3, 0.4) is 0 Å². The molecule has 220 valence electrons. The third-order valence-corrected chi connectivity index (χ3v) is 14.3. The summed E-state index contributed by atoms with van der Waals surface area (Å²) < 4.78 is 11.1. The average molecular weight is 545 g/mol.